The number of nitrogens with zero attached hydrogens (tertiary/aromatic N) is 3. The second-order valence-electron chi connectivity index (χ2n) is 5.70. The Morgan fingerprint density at radius 2 is 1.86 bits per heavy atom. The fraction of sp³-hybridized carbons (Fsp3) is 0.529. The van der Waals surface area contributed by atoms with E-state index in [1.54, 1.807) is 0 Å². The number of quaternary nitrogens is 1. The Hall–Kier alpha value is -1.86. The van der Waals surface area contributed by atoms with Gasteiger partial charge in [-0.05, 0) is 26.3 Å². The van der Waals surface area contributed by atoms with Gasteiger partial charge in [0.15, 0.2) is 6.19 Å². The van der Waals surface area contributed by atoms with E-state index in [1.165, 1.54) is 11.1 Å². The molecule has 0 saturated carbocycles. The smallest absolute Gasteiger partial charge is 0.182 e. The van der Waals surface area contributed by atoms with Gasteiger partial charge in [0.25, 0.3) is 0 Å². The minimum absolute atomic E-state index is 0.676. The maximum atomic E-state index is 8.86. The van der Waals surface area contributed by atoms with Crippen LogP contribution >= 0.6 is 0 Å². The molecule has 0 aliphatic rings. The number of nitrogens with one attached hydrogen (secondary N) is 1. The number of nitriles is 1. The molecule has 4 nitrogen and oxygen atoms in total. The van der Waals surface area contributed by atoms with Crippen LogP contribution in [-0.4, -0.2) is 43.5 Å². The van der Waals surface area contributed by atoms with Crippen molar-refractivity contribution in [3.63, 3.8) is 0 Å². The second kappa shape index (κ2) is 8.43. The Labute approximate surface area is 128 Å². The monoisotopic (exact) mass is 287 g/mol. The molecule has 4 heteroatoms. The number of hydrogen-bond acceptors (Lipinski definition) is 2. The van der Waals surface area contributed by atoms with E-state index in [9.17, 15) is 0 Å². The molecule has 0 bridgehead atoms. The molecule has 0 unspecified atom stereocenters. The molecule has 0 aliphatic carbocycles. The molecular weight excluding hydrogens is 260 g/mol. The predicted molar refractivity (Wildman–Crippen MR) is 88.1 cm³/mol. The zero-order chi connectivity index (χ0) is 15.7. The summed E-state index contributed by atoms with van der Waals surface area (Å²) in [7, 11) is 2.24. The summed E-state index contributed by atoms with van der Waals surface area (Å²) in [6, 6.07) is 8.34. The van der Waals surface area contributed by atoms with E-state index in [4.69, 9.17) is 5.26 Å². The Balaban J connectivity index is 2.66. The van der Waals surface area contributed by atoms with E-state index >= 15 is 0 Å². The maximum Gasteiger partial charge on any atom is 0.182 e. The Morgan fingerprint density at radius 3 is 2.38 bits per heavy atom. The number of likely N-dealkylation sites (N-methyl/N-ethyl adjacent to an activating group) is 1. The standard InChI is InChI=1S/C17H27N4/c1-5-21(4,6-2)12-11-19-17(20-14-18)13-16-9-7-15(3)8-10-16/h7-10H,5-6,11-13H2,1-4H3,(H,19,20)/q+1. The molecule has 0 fully saturated rings. The zero-order valence-corrected chi connectivity index (χ0v) is 13.7. The number of aryl methyl sites for hydroxylation is 1. The molecule has 0 atom stereocenters. The van der Waals surface area contributed by atoms with Crippen molar-refractivity contribution in [3.8, 4) is 6.19 Å². The van der Waals surface area contributed by atoms with Crippen LogP contribution in [0.2, 0.25) is 0 Å². The van der Waals surface area contributed by atoms with Gasteiger partial charge in [0.1, 0.15) is 5.84 Å². The number of aliphatic imine (C=N–C) groups is 1. The molecule has 0 heterocycles. The Morgan fingerprint density at radius 1 is 1.24 bits per heavy atom. The van der Waals surface area contributed by atoms with Crippen molar-refractivity contribution in [3.05, 3.63) is 35.4 Å². The Kier molecular flexibility index (Phi) is 6.90. The SMILES string of the molecule is CC[N+](C)(CC)CCN=C(Cc1ccc(C)cc1)NC#N. The van der Waals surface area contributed by atoms with Gasteiger partial charge in [-0.15, -0.1) is 0 Å². The molecule has 1 aromatic carbocycles. The van der Waals surface area contributed by atoms with Gasteiger partial charge in [-0.3, -0.25) is 10.3 Å². The minimum atomic E-state index is 0.676. The first-order valence-corrected chi connectivity index (χ1v) is 7.60. The van der Waals surface area contributed by atoms with Crippen LogP contribution in [-0.2, 0) is 6.42 Å². The van der Waals surface area contributed by atoms with Crippen LogP contribution in [0, 0.1) is 18.4 Å². The largest absolute Gasteiger partial charge is 0.325 e. The van der Waals surface area contributed by atoms with E-state index in [2.05, 4.69) is 62.4 Å². The summed E-state index contributed by atoms with van der Waals surface area (Å²) < 4.78 is 1.01. The summed E-state index contributed by atoms with van der Waals surface area (Å²) in [6.07, 6.45) is 2.67. The Bertz CT molecular complexity index is 493. The van der Waals surface area contributed by atoms with Gasteiger partial charge >= 0.3 is 0 Å². The normalized spacial score (nSPS) is 12.0. The van der Waals surface area contributed by atoms with Gasteiger partial charge in [-0.25, -0.2) is 0 Å². The number of benzene rings is 1. The van der Waals surface area contributed by atoms with Gasteiger partial charge in [-0.1, -0.05) is 29.8 Å². The molecule has 21 heavy (non-hydrogen) atoms. The first kappa shape index (κ1) is 17.2. The molecule has 1 aromatic rings. The maximum absolute atomic E-state index is 8.86. The summed E-state index contributed by atoms with van der Waals surface area (Å²) in [5, 5.41) is 11.6. The third-order valence-corrected chi connectivity index (χ3v) is 4.16. The highest BCUT2D eigenvalue weighted by atomic mass is 15.3. The average Bonchev–Trinajstić information content (AvgIpc) is 2.49. The van der Waals surface area contributed by atoms with Crippen LogP contribution in [0.5, 0.6) is 0 Å². The van der Waals surface area contributed by atoms with Crippen LogP contribution < -0.4 is 5.32 Å². The molecule has 0 radical (unpaired) electrons. The van der Waals surface area contributed by atoms with Gasteiger partial charge < -0.3 is 4.48 Å². The van der Waals surface area contributed by atoms with E-state index in [1.807, 2.05) is 6.19 Å². The number of amidine groups is 1. The highest BCUT2D eigenvalue weighted by Crippen LogP contribution is 2.05. The second-order valence-corrected chi connectivity index (χ2v) is 5.70. The third-order valence-electron chi connectivity index (χ3n) is 4.16. The number of hydrogen-bond donors (Lipinski definition) is 1. The number of rotatable bonds is 7. The van der Waals surface area contributed by atoms with Crippen LogP contribution in [0.15, 0.2) is 29.3 Å². The van der Waals surface area contributed by atoms with Crippen LogP contribution in [0.25, 0.3) is 0 Å². The predicted octanol–water partition coefficient (Wildman–Crippen LogP) is 2.49. The summed E-state index contributed by atoms with van der Waals surface area (Å²) >= 11 is 0. The minimum Gasteiger partial charge on any atom is -0.325 e. The summed E-state index contributed by atoms with van der Waals surface area (Å²) in [6.45, 7) is 10.4. The van der Waals surface area contributed by atoms with Crippen molar-refractivity contribution >= 4 is 5.84 Å². The molecule has 1 rings (SSSR count). The van der Waals surface area contributed by atoms with E-state index in [0.29, 0.717) is 6.42 Å². The fourth-order valence-electron chi connectivity index (χ4n) is 2.07. The summed E-state index contributed by atoms with van der Waals surface area (Å²) in [5.41, 5.74) is 2.41. The molecule has 0 spiro atoms. The lowest BCUT2D eigenvalue weighted by atomic mass is 10.1. The van der Waals surface area contributed by atoms with Crippen molar-refractivity contribution in [2.24, 2.45) is 4.99 Å². The first-order chi connectivity index (χ1) is 10.0. The first-order valence-electron chi connectivity index (χ1n) is 7.60. The van der Waals surface area contributed by atoms with Crippen molar-refractivity contribution in [2.75, 3.05) is 33.2 Å². The quantitative estimate of drug-likeness (QED) is 0.275. The molecule has 114 valence electrons. The lowest BCUT2D eigenvalue weighted by molar-refractivity contribution is -0.904. The van der Waals surface area contributed by atoms with Gasteiger partial charge in [0.05, 0.1) is 33.2 Å². The van der Waals surface area contributed by atoms with Crippen LogP contribution in [0.1, 0.15) is 25.0 Å². The average molecular weight is 287 g/mol. The summed E-state index contributed by atoms with van der Waals surface area (Å²) in [4.78, 5) is 4.58. The highest BCUT2D eigenvalue weighted by molar-refractivity contribution is 5.85. The van der Waals surface area contributed by atoms with Gasteiger partial charge in [0.2, 0.25) is 0 Å². The third kappa shape index (κ3) is 5.97. The van der Waals surface area contributed by atoms with Crippen LogP contribution in [0.4, 0.5) is 0 Å². The van der Waals surface area contributed by atoms with Crippen molar-refractivity contribution < 1.29 is 4.48 Å². The van der Waals surface area contributed by atoms with Crippen molar-refractivity contribution in [1.82, 2.24) is 5.32 Å². The molecular formula is C17H27N4+. The highest BCUT2D eigenvalue weighted by Gasteiger charge is 2.15. The molecule has 1 N–H and O–H groups in total. The lowest BCUT2D eigenvalue weighted by Crippen LogP contribution is -2.45. The molecule has 0 amide bonds. The van der Waals surface area contributed by atoms with Gasteiger partial charge in [0, 0.05) is 6.42 Å². The van der Waals surface area contributed by atoms with E-state index < -0.39 is 0 Å². The molecule has 0 saturated heterocycles. The lowest BCUT2D eigenvalue weighted by Gasteiger charge is -2.31. The van der Waals surface area contributed by atoms with Gasteiger partial charge in [-0.2, -0.15) is 5.26 Å². The molecule has 0 aliphatic heterocycles. The fourth-order valence-corrected chi connectivity index (χ4v) is 2.07. The zero-order valence-electron chi connectivity index (χ0n) is 13.7. The van der Waals surface area contributed by atoms with E-state index in [0.717, 1.165) is 36.5 Å². The van der Waals surface area contributed by atoms with Crippen molar-refractivity contribution in [2.45, 2.75) is 27.2 Å². The van der Waals surface area contributed by atoms with E-state index in [-0.39, 0.29) is 0 Å². The summed E-state index contributed by atoms with van der Waals surface area (Å²) in [5.74, 6) is 0.750. The topological polar surface area (TPSA) is 48.2 Å². The molecule has 0 aromatic heterocycles. The van der Waals surface area contributed by atoms with Crippen molar-refractivity contribution in [1.29, 1.82) is 5.26 Å². The van der Waals surface area contributed by atoms with Crippen LogP contribution in [0.3, 0.4) is 0 Å².